The maximum atomic E-state index is 12.5. The van der Waals surface area contributed by atoms with Crippen LogP contribution in [0.2, 0.25) is 0 Å². The summed E-state index contributed by atoms with van der Waals surface area (Å²) in [5.41, 5.74) is 1.13. The van der Waals surface area contributed by atoms with E-state index < -0.39 is 0 Å². The number of nitrogens with one attached hydrogen (secondary N) is 1. The summed E-state index contributed by atoms with van der Waals surface area (Å²) in [6, 6.07) is 0.700. The topological polar surface area (TPSA) is 59.4 Å². The lowest BCUT2D eigenvalue weighted by atomic mass is 9.95. The second kappa shape index (κ2) is 7.68. The average Bonchev–Trinajstić information content (AvgIpc) is 3.24. The number of carbonyl (C=O) groups is 1. The third-order valence-corrected chi connectivity index (χ3v) is 5.90. The van der Waals surface area contributed by atoms with E-state index in [0.717, 1.165) is 12.1 Å². The SMILES string of the molecule is COCCN1C(=O)C[C@@H](CN[C@@H]2CCSC2)[C@@H]1c1cnn(C)c1. The van der Waals surface area contributed by atoms with Crippen LogP contribution in [0.5, 0.6) is 0 Å². The zero-order chi connectivity index (χ0) is 16.2. The highest BCUT2D eigenvalue weighted by Crippen LogP contribution is 2.37. The quantitative estimate of drug-likeness (QED) is 0.805. The van der Waals surface area contributed by atoms with Crippen LogP contribution in [0.3, 0.4) is 0 Å². The molecule has 2 saturated heterocycles. The first-order chi connectivity index (χ1) is 11.2. The molecule has 1 N–H and O–H groups in total. The predicted octanol–water partition coefficient (Wildman–Crippen LogP) is 1.05. The van der Waals surface area contributed by atoms with Crippen molar-refractivity contribution in [2.24, 2.45) is 13.0 Å². The van der Waals surface area contributed by atoms with E-state index in [9.17, 15) is 4.79 Å². The standard InChI is InChI=1S/C16H26N4O2S/c1-19-10-13(9-18-19)16-12(8-17-14-3-6-23-11-14)7-15(21)20(16)4-5-22-2/h9-10,12,14,16-17H,3-8,11H2,1-2H3/t12-,14+,16+/m0/s1. The Kier molecular flexibility index (Phi) is 5.61. The molecule has 0 saturated carbocycles. The molecule has 2 aliphatic heterocycles. The van der Waals surface area contributed by atoms with Gasteiger partial charge in [0.2, 0.25) is 5.91 Å². The van der Waals surface area contributed by atoms with Gasteiger partial charge in [0.05, 0.1) is 18.8 Å². The Labute approximate surface area is 141 Å². The number of ether oxygens (including phenoxy) is 1. The van der Waals surface area contributed by atoms with Crippen LogP contribution in [-0.2, 0) is 16.6 Å². The minimum absolute atomic E-state index is 0.105. The van der Waals surface area contributed by atoms with Crippen molar-refractivity contribution in [2.75, 3.05) is 38.3 Å². The van der Waals surface area contributed by atoms with Crippen molar-refractivity contribution in [3.8, 4) is 0 Å². The molecule has 2 aliphatic rings. The number of amides is 1. The molecule has 0 radical (unpaired) electrons. The van der Waals surface area contributed by atoms with Crippen LogP contribution in [0, 0.1) is 5.92 Å². The smallest absolute Gasteiger partial charge is 0.223 e. The molecular weight excluding hydrogens is 312 g/mol. The zero-order valence-electron chi connectivity index (χ0n) is 13.9. The first-order valence-electron chi connectivity index (χ1n) is 8.27. The van der Waals surface area contributed by atoms with Gasteiger partial charge in [-0.3, -0.25) is 9.48 Å². The van der Waals surface area contributed by atoms with E-state index in [-0.39, 0.29) is 11.9 Å². The van der Waals surface area contributed by atoms with Crippen LogP contribution in [-0.4, -0.2) is 64.9 Å². The average molecular weight is 338 g/mol. The molecule has 0 spiro atoms. The van der Waals surface area contributed by atoms with Crippen molar-refractivity contribution >= 4 is 17.7 Å². The van der Waals surface area contributed by atoms with E-state index in [4.69, 9.17) is 4.74 Å². The Balaban J connectivity index is 1.71. The summed E-state index contributed by atoms with van der Waals surface area (Å²) >= 11 is 2.01. The molecule has 3 heterocycles. The van der Waals surface area contributed by atoms with Crippen molar-refractivity contribution < 1.29 is 9.53 Å². The summed E-state index contributed by atoms with van der Waals surface area (Å²) in [5, 5.41) is 7.97. The van der Waals surface area contributed by atoms with E-state index in [1.54, 1.807) is 7.11 Å². The lowest BCUT2D eigenvalue weighted by Gasteiger charge is -2.28. The first-order valence-corrected chi connectivity index (χ1v) is 9.42. The molecule has 128 valence electrons. The second-order valence-corrected chi connectivity index (χ2v) is 7.55. The van der Waals surface area contributed by atoms with E-state index in [0.29, 0.717) is 31.5 Å². The minimum Gasteiger partial charge on any atom is -0.383 e. The number of hydrogen-bond donors (Lipinski definition) is 1. The van der Waals surface area contributed by atoms with Gasteiger partial charge in [-0.1, -0.05) is 0 Å². The fourth-order valence-corrected chi connectivity index (χ4v) is 4.75. The second-order valence-electron chi connectivity index (χ2n) is 6.41. The van der Waals surface area contributed by atoms with Crippen LogP contribution in [0.4, 0.5) is 0 Å². The Morgan fingerprint density at radius 3 is 3.04 bits per heavy atom. The maximum absolute atomic E-state index is 12.5. The molecule has 6 nitrogen and oxygen atoms in total. The summed E-state index contributed by atoms with van der Waals surface area (Å²) in [6.07, 6.45) is 5.76. The number of rotatable bonds is 7. The Bertz CT molecular complexity index is 530. The molecule has 3 rings (SSSR count). The highest BCUT2D eigenvalue weighted by molar-refractivity contribution is 7.99. The van der Waals surface area contributed by atoms with Crippen molar-refractivity contribution in [1.29, 1.82) is 0 Å². The molecule has 0 aliphatic carbocycles. The lowest BCUT2D eigenvalue weighted by molar-refractivity contribution is -0.129. The number of aromatic nitrogens is 2. The molecule has 23 heavy (non-hydrogen) atoms. The summed E-state index contributed by atoms with van der Waals surface area (Å²) in [6.45, 7) is 2.10. The van der Waals surface area contributed by atoms with Crippen LogP contribution in [0.15, 0.2) is 12.4 Å². The molecule has 2 fully saturated rings. The van der Waals surface area contributed by atoms with Gasteiger partial charge in [0, 0.05) is 63.1 Å². The van der Waals surface area contributed by atoms with Crippen molar-refractivity contribution in [3.05, 3.63) is 18.0 Å². The number of aryl methyl sites for hydroxylation is 1. The van der Waals surface area contributed by atoms with Crippen molar-refractivity contribution in [3.63, 3.8) is 0 Å². The number of hydrogen-bond acceptors (Lipinski definition) is 5. The molecule has 1 aromatic rings. The Morgan fingerprint density at radius 2 is 2.39 bits per heavy atom. The van der Waals surface area contributed by atoms with E-state index >= 15 is 0 Å². The molecule has 1 aromatic heterocycles. The molecule has 0 aromatic carbocycles. The minimum atomic E-state index is 0.105. The van der Waals surface area contributed by atoms with Gasteiger partial charge in [-0.15, -0.1) is 0 Å². The summed E-state index contributed by atoms with van der Waals surface area (Å²) in [5.74, 6) is 2.96. The third kappa shape index (κ3) is 3.89. The third-order valence-electron chi connectivity index (χ3n) is 4.74. The van der Waals surface area contributed by atoms with Crippen LogP contribution < -0.4 is 5.32 Å². The molecular formula is C16H26N4O2S. The van der Waals surface area contributed by atoms with Gasteiger partial charge >= 0.3 is 0 Å². The molecule has 0 bridgehead atoms. The van der Waals surface area contributed by atoms with E-state index in [1.807, 2.05) is 40.8 Å². The summed E-state index contributed by atoms with van der Waals surface area (Å²) in [7, 11) is 3.60. The molecule has 3 atom stereocenters. The van der Waals surface area contributed by atoms with Crippen LogP contribution in [0.25, 0.3) is 0 Å². The van der Waals surface area contributed by atoms with E-state index in [1.165, 1.54) is 17.9 Å². The number of thioether (sulfide) groups is 1. The fraction of sp³-hybridized carbons (Fsp3) is 0.750. The number of likely N-dealkylation sites (tertiary alicyclic amines) is 1. The van der Waals surface area contributed by atoms with Crippen LogP contribution in [0.1, 0.15) is 24.4 Å². The monoisotopic (exact) mass is 338 g/mol. The highest BCUT2D eigenvalue weighted by Gasteiger charge is 2.41. The number of carbonyl (C=O) groups excluding carboxylic acids is 1. The molecule has 0 unspecified atom stereocenters. The van der Waals surface area contributed by atoms with E-state index in [2.05, 4.69) is 10.4 Å². The largest absolute Gasteiger partial charge is 0.383 e. The highest BCUT2D eigenvalue weighted by atomic mass is 32.2. The van der Waals surface area contributed by atoms with Gasteiger partial charge in [-0.2, -0.15) is 16.9 Å². The summed E-state index contributed by atoms with van der Waals surface area (Å²) < 4.78 is 7.00. The molecule has 7 heteroatoms. The maximum Gasteiger partial charge on any atom is 0.223 e. The Morgan fingerprint density at radius 1 is 1.52 bits per heavy atom. The number of methoxy groups -OCH3 is 1. The fourth-order valence-electron chi connectivity index (χ4n) is 3.56. The van der Waals surface area contributed by atoms with Crippen LogP contribution >= 0.6 is 11.8 Å². The zero-order valence-corrected chi connectivity index (χ0v) is 14.7. The Hall–Kier alpha value is -1.05. The lowest BCUT2D eigenvalue weighted by Crippen LogP contribution is -2.36. The van der Waals surface area contributed by atoms with Crippen molar-refractivity contribution in [1.82, 2.24) is 20.0 Å². The molecule has 1 amide bonds. The van der Waals surface area contributed by atoms with Gasteiger partial charge in [0.25, 0.3) is 0 Å². The van der Waals surface area contributed by atoms with Gasteiger partial charge in [-0.25, -0.2) is 0 Å². The first kappa shape index (κ1) is 16.8. The summed E-state index contributed by atoms with van der Waals surface area (Å²) in [4.78, 5) is 14.5. The predicted molar refractivity (Wildman–Crippen MR) is 91.4 cm³/mol. The number of nitrogens with zero attached hydrogens (tertiary/aromatic N) is 3. The van der Waals surface area contributed by atoms with Gasteiger partial charge in [0.1, 0.15) is 0 Å². The van der Waals surface area contributed by atoms with Gasteiger partial charge in [-0.05, 0) is 12.2 Å². The normalized spacial score (nSPS) is 28.0. The van der Waals surface area contributed by atoms with Gasteiger partial charge in [0.15, 0.2) is 0 Å². The van der Waals surface area contributed by atoms with Crippen molar-refractivity contribution in [2.45, 2.75) is 24.9 Å². The van der Waals surface area contributed by atoms with Gasteiger partial charge < -0.3 is 15.0 Å².